The van der Waals surface area contributed by atoms with Crippen molar-refractivity contribution in [2.75, 3.05) is 0 Å². The third-order valence-corrected chi connectivity index (χ3v) is 5.17. The summed E-state index contributed by atoms with van der Waals surface area (Å²) in [6, 6.07) is 0. The minimum Gasteiger partial charge on any atom is -0.269 e. The number of halogens is 7. The highest BCUT2D eigenvalue weighted by Gasteiger charge is 2.74. The van der Waals surface area contributed by atoms with Crippen LogP contribution in [0.2, 0.25) is 0 Å². The normalized spacial score (nSPS) is 14.6. The summed E-state index contributed by atoms with van der Waals surface area (Å²) in [5.74, 6) is -8.57. The Bertz CT molecular complexity index is 443. The van der Waals surface area contributed by atoms with Gasteiger partial charge in [0.15, 0.2) is 0 Å². The van der Waals surface area contributed by atoms with Gasteiger partial charge in [0.2, 0.25) is 0 Å². The van der Waals surface area contributed by atoms with E-state index in [1.54, 1.807) is 0 Å². The summed E-state index contributed by atoms with van der Waals surface area (Å²) >= 11 is 0. The van der Waals surface area contributed by atoms with E-state index in [1.807, 2.05) is 0 Å². The zero-order valence-corrected chi connectivity index (χ0v) is 17.2. The molecule has 1 amide bonds. The topological polar surface area (TPSA) is 29.1 Å². The van der Waals surface area contributed by atoms with Gasteiger partial charge in [-0.3, -0.25) is 4.79 Å². The molecule has 0 aromatic heterocycles. The largest absolute Gasteiger partial charge is 0.457 e. The molecule has 174 valence electrons. The number of nitrogens with one attached hydrogen (secondary N) is 1. The molecule has 0 aromatic carbocycles. The highest BCUT2D eigenvalue weighted by atomic mass is 19.4. The van der Waals surface area contributed by atoms with Gasteiger partial charge < -0.3 is 0 Å². The van der Waals surface area contributed by atoms with Crippen molar-refractivity contribution >= 4 is 5.91 Å². The van der Waals surface area contributed by atoms with Gasteiger partial charge in [0.1, 0.15) is 0 Å². The third-order valence-electron chi connectivity index (χ3n) is 5.17. The molecule has 1 unspecified atom stereocenters. The van der Waals surface area contributed by atoms with Gasteiger partial charge >= 0.3 is 12.1 Å². The van der Waals surface area contributed by atoms with E-state index < -0.39 is 30.1 Å². The first kappa shape index (κ1) is 28.0. The molecule has 0 rings (SSSR count). The molecule has 0 saturated carbocycles. The van der Waals surface area contributed by atoms with Crippen LogP contribution in [0.4, 0.5) is 30.8 Å². The average molecular weight is 437 g/mol. The van der Waals surface area contributed by atoms with E-state index in [2.05, 4.69) is 6.92 Å². The van der Waals surface area contributed by atoms with Crippen molar-refractivity contribution in [3.05, 3.63) is 0 Å². The summed E-state index contributed by atoms with van der Waals surface area (Å²) in [5.41, 5.74) is -4.57. The molecule has 1 N–H and O–H groups in total. The fourth-order valence-corrected chi connectivity index (χ4v) is 3.28. The van der Waals surface area contributed by atoms with Crippen molar-refractivity contribution in [3.8, 4) is 0 Å². The predicted molar refractivity (Wildman–Crippen MR) is 99.0 cm³/mol. The molecular weight excluding hydrogens is 403 g/mol. The van der Waals surface area contributed by atoms with Gasteiger partial charge in [-0.1, -0.05) is 90.4 Å². The van der Waals surface area contributed by atoms with Gasteiger partial charge in [0, 0.05) is 0 Å². The van der Waals surface area contributed by atoms with Crippen LogP contribution in [0, 0.1) is 0 Å². The smallest absolute Gasteiger partial charge is 0.269 e. The Balaban J connectivity index is 4.00. The van der Waals surface area contributed by atoms with Crippen molar-refractivity contribution in [1.82, 2.24) is 5.54 Å². The highest BCUT2D eigenvalue weighted by molar-refractivity contribution is 5.85. The fourth-order valence-electron chi connectivity index (χ4n) is 3.28. The van der Waals surface area contributed by atoms with Crippen LogP contribution in [-0.4, -0.2) is 23.7 Å². The predicted octanol–water partition coefficient (Wildman–Crippen LogP) is 7.76. The molecular formula is C20H34F7NO. The summed E-state index contributed by atoms with van der Waals surface area (Å²) in [7, 11) is 0. The second-order valence-electron chi connectivity index (χ2n) is 7.64. The maximum absolute atomic E-state index is 14.2. The Morgan fingerprint density at radius 3 is 1.31 bits per heavy atom. The molecule has 0 radical (unpaired) electrons. The monoisotopic (exact) mass is 437 g/mol. The Morgan fingerprint density at radius 2 is 1.00 bits per heavy atom. The van der Waals surface area contributed by atoms with E-state index in [0.717, 1.165) is 32.1 Å². The van der Waals surface area contributed by atoms with Crippen LogP contribution in [0.5, 0.6) is 0 Å². The summed E-state index contributed by atoms with van der Waals surface area (Å²) in [5, 5.41) is 0. The lowest BCUT2D eigenvalue weighted by Gasteiger charge is -2.32. The van der Waals surface area contributed by atoms with Crippen LogP contribution in [0.1, 0.15) is 103 Å². The highest BCUT2D eigenvalue weighted by Crippen LogP contribution is 2.48. The molecule has 1 atom stereocenters. The molecule has 0 bridgehead atoms. The van der Waals surface area contributed by atoms with E-state index in [4.69, 9.17) is 0 Å². The molecule has 0 saturated heterocycles. The Hall–Kier alpha value is -1.02. The standard InChI is InChI=1S/C20H34F7NO/c1-2-3-4-5-6-7-8-9-10-11-12-13-14-15-16-18(21,17(29)28-27)19(22,23)20(24,25)26/h2-16H2,1H3,(H,28,29). The maximum Gasteiger partial charge on any atom is 0.457 e. The number of unbranched alkanes of at least 4 members (excludes halogenated alkanes) is 13. The van der Waals surface area contributed by atoms with Crippen molar-refractivity contribution in [3.63, 3.8) is 0 Å². The molecule has 0 aliphatic rings. The fraction of sp³-hybridized carbons (Fsp3) is 0.950. The van der Waals surface area contributed by atoms with Gasteiger partial charge in [-0.25, -0.2) is 4.39 Å². The first-order valence-electron chi connectivity index (χ1n) is 10.6. The summed E-state index contributed by atoms with van der Waals surface area (Å²) in [6.07, 6.45) is 5.05. The first-order valence-corrected chi connectivity index (χ1v) is 10.6. The van der Waals surface area contributed by atoms with Crippen LogP contribution in [0.3, 0.4) is 0 Å². The van der Waals surface area contributed by atoms with E-state index >= 15 is 0 Å². The van der Waals surface area contributed by atoms with E-state index in [9.17, 15) is 35.6 Å². The average Bonchev–Trinajstić information content (AvgIpc) is 2.66. The van der Waals surface area contributed by atoms with Crippen LogP contribution in [-0.2, 0) is 4.79 Å². The molecule has 9 heteroatoms. The quantitative estimate of drug-likeness (QED) is 0.141. The molecule has 0 aliphatic heterocycles. The Labute approximate surface area is 168 Å². The van der Waals surface area contributed by atoms with Crippen LogP contribution in [0.15, 0.2) is 0 Å². The lowest BCUT2D eigenvalue weighted by Crippen LogP contribution is -2.61. The van der Waals surface area contributed by atoms with Crippen LogP contribution >= 0.6 is 0 Å². The minimum absolute atomic E-state index is 0.0894. The molecule has 0 aliphatic carbocycles. The summed E-state index contributed by atoms with van der Waals surface area (Å²) in [4.78, 5) is 11.1. The van der Waals surface area contributed by atoms with Crippen molar-refractivity contribution in [2.45, 2.75) is 121 Å². The van der Waals surface area contributed by atoms with Gasteiger partial charge in [-0.2, -0.15) is 27.5 Å². The van der Waals surface area contributed by atoms with Crippen molar-refractivity contribution < 1.29 is 35.6 Å². The molecule has 0 fully saturated rings. The van der Waals surface area contributed by atoms with Crippen molar-refractivity contribution in [2.24, 2.45) is 0 Å². The van der Waals surface area contributed by atoms with E-state index in [1.165, 1.54) is 38.5 Å². The van der Waals surface area contributed by atoms with Crippen LogP contribution < -0.4 is 5.54 Å². The zero-order chi connectivity index (χ0) is 22.4. The van der Waals surface area contributed by atoms with Crippen LogP contribution in [0.25, 0.3) is 0 Å². The second kappa shape index (κ2) is 14.1. The molecule has 29 heavy (non-hydrogen) atoms. The SMILES string of the molecule is CCCCCCCCCCCCCCCCC(F)(C(=O)NF)C(F)(F)C(F)(F)F. The van der Waals surface area contributed by atoms with E-state index in [0.29, 0.717) is 6.42 Å². The number of carbonyl (C=O) groups is 1. The van der Waals surface area contributed by atoms with Gasteiger partial charge in [-0.05, 0) is 12.8 Å². The molecule has 0 aromatic rings. The second-order valence-corrected chi connectivity index (χ2v) is 7.64. The van der Waals surface area contributed by atoms with Crippen molar-refractivity contribution in [1.29, 1.82) is 0 Å². The first-order chi connectivity index (χ1) is 13.5. The summed E-state index contributed by atoms with van der Waals surface area (Å²) in [6.45, 7) is 2.17. The molecule has 0 spiro atoms. The Morgan fingerprint density at radius 1 is 0.655 bits per heavy atom. The Kier molecular flexibility index (Phi) is 13.6. The summed E-state index contributed by atoms with van der Waals surface area (Å²) < 4.78 is 90.3. The number of hydrogen-bond donors (Lipinski definition) is 1. The number of hydrogen-bond acceptors (Lipinski definition) is 1. The number of alkyl halides is 6. The minimum atomic E-state index is -6.29. The van der Waals surface area contributed by atoms with E-state index in [-0.39, 0.29) is 18.4 Å². The van der Waals surface area contributed by atoms with Gasteiger partial charge in [0.25, 0.3) is 11.6 Å². The lowest BCUT2D eigenvalue weighted by molar-refractivity contribution is -0.322. The molecule has 2 nitrogen and oxygen atoms in total. The zero-order valence-electron chi connectivity index (χ0n) is 17.2. The maximum atomic E-state index is 14.2. The number of carbonyl (C=O) groups excluding carboxylic acids is 1. The van der Waals surface area contributed by atoms with Gasteiger partial charge in [0.05, 0.1) is 0 Å². The van der Waals surface area contributed by atoms with Gasteiger partial charge in [-0.15, -0.1) is 4.48 Å². The molecule has 0 heterocycles. The number of rotatable bonds is 17. The lowest BCUT2D eigenvalue weighted by atomic mass is 9.89. The number of amides is 1. The third kappa shape index (κ3) is 9.55.